The van der Waals surface area contributed by atoms with Gasteiger partial charge in [0.25, 0.3) is 0 Å². The molecule has 0 aliphatic carbocycles. The van der Waals surface area contributed by atoms with Crippen LogP contribution >= 0.6 is 0 Å². The molecule has 1 heterocycles. The van der Waals surface area contributed by atoms with Crippen LogP contribution in [0.15, 0.2) is 59.7 Å². The molecule has 0 saturated carbocycles. The fraction of sp³-hybridized carbons (Fsp3) is 0.484. The van der Waals surface area contributed by atoms with Crippen molar-refractivity contribution in [3.8, 4) is 0 Å². The predicted molar refractivity (Wildman–Crippen MR) is 142 cm³/mol. The molecule has 34 heavy (non-hydrogen) atoms. The van der Waals surface area contributed by atoms with Crippen molar-refractivity contribution in [3.05, 3.63) is 87.5 Å². The average Bonchev–Trinajstić information content (AvgIpc) is 3.08. The van der Waals surface area contributed by atoms with Gasteiger partial charge in [0.1, 0.15) is 0 Å². The summed E-state index contributed by atoms with van der Waals surface area (Å²) in [5.41, 5.74) is 21.0. The van der Waals surface area contributed by atoms with Gasteiger partial charge in [0.05, 0.1) is 0 Å². The molecule has 0 saturated heterocycles. The Labute approximate surface area is 218 Å². The summed E-state index contributed by atoms with van der Waals surface area (Å²) in [7, 11) is 0. The van der Waals surface area contributed by atoms with E-state index < -0.39 is 0 Å². The second-order valence-corrected chi connectivity index (χ2v) is 9.53. The molecule has 1 aliphatic heterocycles. The fourth-order valence-corrected chi connectivity index (χ4v) is 4.90. The Kier molecular flexibility index (Phi) is 12.0. The Morgan fingerprint density at radius 3 is 1.71 bits per heavy atom. The van der Waals surface area contributed by atoms with Crippen LogP contribution in [0.1, 0.15) is 108 Å². The molecular weight excluding hydrogens is 459 g/mol. The number of rotatable bonds is 13. The third-order valence-corrected chi connectivity index (χ3v) is 6.84. The van der Waals surface area contributed by atoms with Crippen molar-refractivity contribution in [2.45, 2.75) is 98.3 Å². The monoisotopic (exact) mass is 500 g/mol. The summed E-state index contributed by atoms with van der Waals surface area (Å²) in [5, 5.41) is 0. The van der Waals surface area contributed by atoms with Crippen LogP contribution in [0.2, 0.25) is 0 Å². The van der Waals surface area contributed by atoms with Crippen molar-refractivity contribution < 1.29 is 21.2 Å². The van der Waals surface area contributed by atoms with E-state index >= 15 is 0 Å². The molecule has 2 aromatic rings. The zero-order valence-corrected chi connectivity index (χ0v) is 22.6. The largest absolute Gasteiger partial charge is 0.493 e. The van der Waals surface area contributed by atoms with Gasteiger partial charge in [0.15, 0.2) is 0 Å². The second kappa shape index (κ2) is 14.4. The van der Waals surface area contributed by atoms with Gasteiger partial charge in [0, 0.05) is 38.8 Å². The van der Waals surface area contributed by atoms with E-state index in [4.69, 9.17) is 0 Å². The van der Waals surface area contributed by atoms with Crippen molar-refractivity contribution in [1.29, 1.82) is 0 Å². The van der Waals surface area contributed by atoms with Crippen LogP contribution in [0.3, 0.4) is 0 Å². The molecule has 0 unspecified atom stereocenters. The number of benzene rings is 2. The van der Waals surface area contributed by atoms with Crippen molar-refractivity contribution in [1.82, 2.24) is 0 Å². The maximum atomic E-state index is 11.6. The van der Waals surface area contributed by atoms with Gasteiger partial charge in [-0.05, 0) is 80.8 Å². The Morgan fingerprint density at radius 1 is 0.647 bits per heavy atom. The average molecular weight is 501 g/mol. The molecule has 0 amide bonds. The molecule has 0 aromatic heterocycles. The predicted octanol–water partition coefficient (Wildman–Crippen LogP) is 9.53. The van der Waals surface area contributed by atoms with Crippen molar-refractivity contribution in [3.63, 3.8) is 0 Å². The van der Waals surface area contributed by atoms with Gasteiger partial charge >= 0.3 is 0 Å². The summed E-state index contributed by atoms with van der Waals surface area (Å²) in [6, 6.07) is 17.6. The van der Waals surface area contributed by atoms with Crippen molar-refractivity contribution in [2.24, 2.45) is 0 Å². The Balaban J connectivity index is 0.00000408. The Morgan fingerprint density at radius 2 is 1.18 bits per heavy atom. The summed E-state index contributed by atoms with van der Waals surface area (Å²) in [4.78, 5) is 0. The van der Waals surface area contributed by atoms with E-state index in [9.17, 15) is 5.53 Å². The van der Waals surface area contributed by atoms with Crippen LogP contribution in [0, 0.1) is 0 Å². The quantitative estimate of drug-likeness (QED) is 0.148. The summed E-state index contributed by atoms with van der Waals surface area (Å²) in [6.07, 6.45) is 12.9. The van der Waals surface area contributed by atoms with Crippen LogP contribution in [-0.2, 0) is 29.3 Å². The van der Waals surface area contributed by atoms with E-state index in [1.54, 1.807) is 0 Å². The summed E-state index contributed by atoms with van der Waals surface area (Å²) in [5.74, 6) is 0. The first kappa shape index (κ1) is 28.3. The van der Waals surface area contributed by atoms with Gasteiger partial charge in [-0.3, -0.25) is 0 Å². The fourth-order valence-electron chi connectivity index (χ4n) is 4.90. The Hall–Kier alpha value is -1.99. The molecule has 3 rings (SSSR count). The minimum atomic E-state index is 0. The van der Waals surface area contributed by atoms with Gasteiger partial charge in [-0.2, -0.15) is 0 Å². The topological polar surface area (TPSA) is 25.3 Å². The first-order valence-corrected chi connectivity index (χ1v) is 13.2. The van der Waals surface area contributed by atoms with Crippen LogP contribution in [0.4, 0.5) is 0 Å². The number of hydrogen-bond acceptors (Lipinski definition) is 0. The minimum Gasteiger partial charge on any atom is -0.493 e. The van der Waals surface area contributed by atoms with Crippen molar-refractivity contribution in [2.75, 3.05) is 0 Å². The van der Waals surface area contributed by atoms with Crippen LogP contribution in [0.25, 0.3) is 16.9 Å². The third kappa shape index (κ3) is 7.01. The molecule has 2 nitrogen and oxygen atoms in total. The van der Waals surface area contributed by atoms with Gasteiger partial charge < -0.3 is 5.53 Å². The van der Waals surface area contributed by atoms with E-state index in [1.807, 2.05) is 0 Å². The molecule has 0 radical (unpaired) electrons. The van der Waals surface area contributed by atoms with Crippen molar-refractivity contribution >= 4 is 11.4 Å². The zero-order valence-electron chi connectivity index (χ0n) is 21.6. The summed E-state index contributed by atoms with van der Waals surface area (Å²) >= 11 is 0. The van der Waals surface area contributed by atoms with E-state index in [2.05, 4.69) is 76.2 Å². The summed E-state index contributed by atoms with van der Waals surface area (Å²) in [6.45, 7) is 8.92. The molecular formula is C31H42N2Ni. The number of unbranched alkanes of at least 4 members (excludes halogenated alkanes) is 5. The molecule has 3 heteroatoms. The second-order valence-electron chi connectivity index (χ2n) is 9.53. The van der Waals surface area contributed by atoms with Crippen LogP contribution < -0.4 is 0 Å². The van der Waals surface area contributed by atoms with E-state index in [0.29, 0.717) is 0 Å². The van der Waals surface area contributed by atoms with Gasteiger partial charge in [-0.25, -0.2) is 4.70 Å². The smallest absolute Gasteiger partial charge is 0.211 e. The molecule has 0 spiro atoms. The molecule has 2 aromatic carbocycles. The number of hydrogen-bond donors (Lipinski definition) is 0. The van der Waals surface area contributed by atoms with E-state index in [-0.39, 0.29) is 16.5 Å². The SMILES string of the molecule is CCCCCCC1=C(c2cccc(CCCC)c2)[N+](=[N-])C(c2cccc(CCCC)c2)=C1C.[Ni]. The molecule has 0 N–H and O–H groups in total. The van der Waals surface area contributed by atoms with E-state index in [1.165, 1.54) is 71.9 Å². The summed E-state index contributed by atoms with van der Waals surface area (Å²) < 4.78 is 1.49. The van der Waals surface area contributed by atoms with Gasteiger partial charge in [-0.1, -0.05) is 77.1 Å². The zero-order chi connectivity index (χ0) is 23.6. The minimum absolute atomic E-state index is 0. The molecule has 186 valence electrons. The van der Waals surface area contributed by atoms with Crippen LogP contribution in [0.5, 0.6) is 0 Å². The van der Waals surface area contributed by atoms with E-state index in [0.717, 1.165) is 48.2 Å². The maximum Gasteiger partial charge on any atom is 0.211 e. The molecule has 0 bridgehead atoms. The molecule has 0 fully saturated rings. The first-order chi connectivity index (χ1) is 16.1. The number of nitrogens with zero attached hydrogens (tertiary/aromatic N) is 2. The third-order valence-electron chi connectivity index (χ3n) is 6.84. The molecule has 1 aliphatic rings. The standard InChI is InChI=1S/C31H42N2.Ni/c1-5-8-11-12-21-29-24(4)30(27-19-13-17-25(22-27)15-9-6-2)33(32)31(29)28-20-14-18-26(23-28)16-10-7-3;/h13-14,17-20,22-23H,5-12,15-16,21H2,1-4H3;. The maximum absolute atomic E-state index is 11.6. The normalized spacial score (nSPS) is 13.6. The first-order valence-electron chi connectivity index (χ1n) is 13.2. The Bertz CT molecular complexity index is 1020. The number of aryl methyl sites for hydroxylation is 2. The molecule has 0 atom stereocenters. The van der Waals surface area contributed by atoms with Gasteiger partial charge in [0.2, 0.25) is 11.4 Å². The van der Waals surface area contributed by atoms with Crippen LogP contribution in [-0.4, -0.2) is 4.70 Å². The van der Waals surface area contributed by atoms with Gasteiger partial charge in [-0.15, -0.1) is 0 Å². The number of allylic oxidation sites excluding steroid dienone is 2.